The molecule has 1 heterocycles. The second-order valence-corrected chi connectivity index (χ2v) is 7.26. The average molecular weight is 304 g/mol. The van der Waals surface area contributed by atoms with Crippen LogP contribution in [0.25, 0.3) is 0 Å². The Hall–Kier alpha value is -1.25. The van der Waals surface area contributed by atoms with E-state index in [1.54, 1.807) is 6.07 Å². The summed E-state index contributed by atoms with van der Waals surface area (Å²) in [5.41, 5.74) is 0.338. The van der Waals surface area contributed by atoms with Gasteiger partial charge in [0.2, 0.25) is 10.0 Å². The fourth-order valence-corrected chi connectivity index (χ4v) is 1.80. The van der Waals surface area contributed by atoms with Crippen LogP contribution in [0.1, 0.15) is 26.3 Å². The number of nitrogens with one attached hydrogen (secondary N) is 2. The van der Waals surface area contributed by atoms with Crippen LogP contribution < -0.4 is 15.8 Å². The highest BCUT2D eigenvalue weighted by Crippen LogP contribution is 2.15. The van der Waals surface area contributed by atoms with Gasteiger partial charge in [0.25, 0.3) is 0 Å². The molecule has 0 aromatic carbocycles. The number of rotatable bonds is 6. The maximum absolute atomic E-state index is 14.1. The summed E-state index contributed by atoms with van der Waals surface area (Å²) in [7, 11) is -3.57. The minimum absolute atomic E-state index is 0.0128. The van der Waals surface area contributed by atoms with Gasteiger partial charge >= 0.3 is 0 Å². The summed E-state index contributed by atoms with van der Waals surface area (Å²) in [5, 5.41) is 10.7. The van der Waals surface area contributed by atoms with E-state index in [1.165, 1.54) is 6.20 Å². The normalized spacial score (nSPS) is 12.4. The lowest BCUT2D eigenvalue weighted by Gasteiger charge is -2.21. The number of sulfonamides is 1. The van der Waals surface area contributed by atoms with E-state index in [9.17, 15) is 12.8 Å². The predicted molar refractivity (Wildman–Crippen MR) is 77.3 cm³/mol. The van der Waals surface area contributed by atoms with E-state index in [2.05, 4.69) is 15.6 Å². The van der Waals surface area contributed by atoms with Crippen LogP contribution in [-0.4, -0.2) is 31.2 Å². The number of hydrogen-bond donors (Lipinski definition) is 3. The Bertz CT molecular complexity index is 555. The van der Waals surface area contributed by atoms with Crippen molar-refractivity contribution >= 4 is 15.8 Å². The molecule has 0 aliphatic carbocycles. The summed E-state index contributed by atoms with van der Waals surface area (Å²) in [5.74, 6) is -0.737. The highest BCUT2D eigenvalue weighted by molar-refractivity contribution is 7.89. The molecule has 0 amide bonds. The molecule has 0 fully saturated rings. The van der Waals surface area contributed by atoms with Gasteiger partial charge in [0.1, 0.15) is 0 Å². The van der Waals surface area contributed by atoms with Gasteiger partial charge in [-0.1, -0.05) is 0 Å². The monoisotopic (exact) mass is 304 g/mol. The molecule has 0 unspecified atom stereocenters. The largest absolute Gasteiger partial charge is 0.367 e. The van der Waals surface area contributed by atoms with Crippen LogP contribution in [0.15, 0.2) is 12.3 Å². The van der Waals surface area contributed by atoms with Crippen molar-refractivity contribution in [2.45, 2.75) is 32.9 Å². The highest BCUT2D eigenvalue weighted by atomic mass is 32.2. The Balaban J connectivity index is 2.70. The standard InChI is InChI=1S/C12H21FN4O2S/c1-12(2,3)17-8-9-4-5-15-11(10(9)13)16-6-7-20(14,18)19/h4-5,17H,6-8H2,1-3H3,(H,15,16)(H2,14,18,19). The van der Waals surface area contributed by atoms with Gasteiger partial charge < -0.3 is 10.6 Å². The SMILES string of the molecule is CC(C)(C)NCc1ccnc(NCCS(N)(=O)=O)c1F. The maximum atomic E-state index is 14.1. The second-order valence-electron chi connectivity index (χ2n) is 5.53. The van der Waals surface area contributed by atoms with Crippen molar-refractivity contribution in [2.75, 3.05) is 17.6 Å². The number of halogens is 1. The van der Waals surface area contributed by atoms with Crippen molar-refractivity contribution in [1.82, 2.24) is 10.3 Å². The molecule has 0 atom stereocenters. The Labute approximate surface area is 119 Å². The summed E-state index contributed by atoms with van der Waals surface area (Å²) in [6.07, 6.45) is 1.47. The number of pyridine rings is 1. The van der Waals surface area contributed by atoms with Crippen molar-refractivity contribution in [3.05, 3.63) is 23.6 Å². The lowest BCUT2D eigenvalue weighted by Crippen LogP contribution is -2.35. The van der Waals surface area contributed by atoms with E-state index in [-0.39, 0.29) is 23.7 Å². The van der Waals surface area contributed by atoms with Gasteiger partial charge in [-0.2, -0.15) is 0 Å². The van der Waals surface area contributed by atoms with Crippen molar-refractivity contribution in [3.8, 4) is 0 Å². The van der Waals surface area contributed by atoms with Gasteiger partial charge in [0.15, 0.2) is 11.6 Å². The first-order valence-corrected chi connectivity index (χ1v) is 7.93. The highest BCUT2D eigenvalue weighted by Gasteiger charge is 2.13. The number of aromatic nitrogens is 1. The molecular weight excluding hydrogens is 283 g/mol. The van der Waals surface area contributed by atoms with Crippen LogP contribution >= 0.6 is 0 Å². The lowest BCUT2D eigenvalue weighted by molar-refractivity contribution is 0.418. The van der Waals surface area contributed by atoms with Gasteiger partial charge in [-0.25, -0.2) is 22.9 Å². The van der Waals surface area contributed by atoms with Gasteiger partial charge in [-0.05, 0) is 26.8 Å². The zero-order valence-corrected chi connectivity index (χ0v) is 12.7. The smallest absolute Gasteiger partial charge is 0.210 e. The molecular formula is C12H21FN4O2S. The van der Waals surface area contributed by atoms with Crippen LogP contribution in [0.2, 0.25) is 0 Å². The molecule has 114 valence electrons. The summed E-state index contributed by atoms with van der Waals surface area (Å²) >= 11 is 0. The summed E-state index contributed by atoms with van der Waals surface area (Å²) < 4.78 is 35.7. The first-order chi connectivity index (χ1) is 9.08. The molecule has 8 heteroatoms. The van der Waals surface area contributed by atoms with Crippen molar-refractivity contribution in [3.63, 3.8) is 0 Å². The average Bonchev–Trinajstić information content (AvgIpc) is 2.27. The third-order valence-electron chi connectivity index (χ3n) is 2.46. The van der Waals surface area contributed by atoms with E-state index in [0.29, 0.717) is 12.1 Å². The van der Waals surface area contributed by atoms with Gasteiger partial charge in [-0.15, -0.1) is 0 Å². The van der Waals surface area contributed by atoms with Gasteiger partial charge in [0.05, 0.1) is 5.75 Å². The quantitative estimate of drug-likeness (QED) is 0.722. The molecule has 0 aliphatic rings. The second kappa shape index (κ2) is 6.47. The molecule has 0 bridgehead atoms. The third-order valence-corrected chi connectivity index (χ3v) is 3.23. The molecule has 0 radical (unpaired) electrons. The molecule has 4 N–H and O–H groups in total. The van der Waals surface area contributed by atoms with E-state index in [1.807, 2.05) is 20.8 Å². The Morgan fingerprint density at radius 3 is 2.60 bits per heavy atom. The fourth-order valence-electron chi connectivity index (χ4n) is 1.42. The molecule has 1 rings (SSSR count). The fraction of sp³-hybridized carbons (Fsp3) is 0.583. The number of primary sulfonamides is 1. The minimum Gasteiger partial charge on any atom is -0.367 e. The Morgan fingerprint density at radius 1 is 1.40 bits per heavy atom. The molecule has 1 aromatic rings. The lowest BCUT2D eigenvalue weighted by atomic mass is 10.1. The number of nitrogens with zero attached hydrogens (tertiary/aromatic N) is 1. The molecule has 20 heavy (non-hydrogen) atoms. The molecule has 0 saturated heterocycles. The van der Waals surface area contributed by atoms with Crippen LogP contribution in [0.5, 0.6) is 0 Å². The van der Waals surface area contributed by atoms with Crippen LogP contribution in [0.3, 0.4) is 0 Å². The first-order valence-electron chi connectivity index (χ1n) is 6.21. The van der Waals surface area contributed by atoms with Crippen molar-refractivity contribution < 1.29 is 12.8 Å². The van der Waals surface area contributed by atoms with Gasteiger partial charge in [0, 0.05) is 30.4 Å². The van der Waals surface area contributed by atoms with E-state index >= 15 is 0 Å². The zero-order valence-electron chi connectivity index (χ0n) is 11.9. The first kappa shape index (κ1) is 16.8. The van der Waals surface area contributed by atoms with E-state index in [4.69, 9.17) is 5.14 Å². The van der Waals surface area contributed by atoms with E-state index < -0.39 is 15.8 Å². The molecule has 0 aliphatic heterocycles. The minimum atomic E-state index is -3.57. The number of nitrogens with two attached hydrogens (primary N) is 1. The van der Waals surface area contributed by atoms with Crippen LogP contribution in [-0.2, 0) is 16.6 Å². The summed E-state index contributed by atoms with van der Waals surface area (Å²) in [6, 6.07) is 1.58. The molecule has 0 saturated carbocycles. The maximum Gasteiger partial charge on any atom is 0.210 e. The molecule has 6 nitrogen and oxygen atoms in total. The van der Waals surface area contributed by atoms with Crippen molar-refractivity contribution in [2.24, 2.45) is 5.14 Å². The van der Waals surface area contributed by atoms with Crippen LogP contribution in [0, 0.1) is 5.82 Å². The van der Waals surface area contributed by atoms with Crippen molar-refractivity contribution in [1.29, 1.82) is 0 Å². The number of anilines is 1. The van der Waals surface area contributed by atoms with E-state index in [0.717, 1.165) is 0 Å². The zero-order chi connectivity index (χ0) is 15.4. The topological polar surface area (TPSA) is 97.1 Å². The van der Waals surface area contributed by atoms with Crippen LogP contribution in [0.4, 0.5) is 10.2 Å². The Morgan fingerprint density at radius 2 is 2.05 bits per heavy atom. The molecule has 1 aromatic heterocycles. The number of hydrogen-bond acceptors (Lipinski definition) is 5. The third kappa shape index (κ3) is 6.27. The predicted octanol–water partition coefficient (Wildman–Crippen LogP) is 0.809. The summed E-state index contributed by atoms with van der Waals surface area (Å²) in [4.78, 5) is 3.85. The molecule has 0 spiro atoms. The summed E-state index contributed by atoms with van der Waals surface area (Å²) in [6.45, 7) is 6.33. The Kier molecular flexibility index (Phi) is 5.43. The van der Waals surface area contributed by atoms with Gasteiger partial charge in [-0.3, -0.25) is 0 Å².